The van der Waals surface area contributed by atoms with Crippen molar-refractivity contribution in [2.45, 2.75) is 31.8 Å². The van der Waals surface area contributed by atoms with E-state index in [0.29, 0.717) is 35.7 Å². The number of amides is 1. The number of hydrogen-bond donors (Lipinski definition) is 1. The standard InChI is InChI=1S/C26H23ClF2N2O2/c1-26(13-6-14-31(26)16-20-21(28)9-5-10-22(20)29)25(33)30-23-12-11-18(27)15-19(23)24(32)17-7-3-2-4-8-17/h2-5,7-12,15H,6,13-14,16H2,1H3,(H,30,33)/t26-/m1/s1. The van der Waals surface area contributed by atoms with Crippen molar-refractivity contribution in [2.75, 3.05) is 11.9 Å². The first kappa shape index (κ1) is 23.1. The molecule has 0 bridgehead atoms. The van der Waals surface area contributed by atoms with Crippen molar-refractivity contribution in [2.24, 2.45) is 0 Å². The minimum absolute atomic E-state index is 0.0289. The van der Waals surface area contributed by atoms with Crippen molar-refractivity contribution in [3.05, 3.63) is 100 Å². The molecular formula is C26H23ClF2N2O2. The third-order valence-electron chi connectivity index (χ3n) is 6.20. The Balaban J connectivity index is 1.60. The maximum absolute atomic E-state index is 14.2. The number of carbonyl (C=O) groups excluding carboxylic acids is 2. The fraction of sp³-hybridized carbons (Fsp3) is 0.231. The van der Waals surface area contributed by atoms with Crippen LogP contribution in [0.15, 0.2) is 66.7 Å². The van der Waals surface area contributed by atoms with Crippen LogP contribution in [-0.2, 0) is 11.3 Å². The topological polar surface area (TPSA) is 49.4 Å². The lowest BCUT2D eigenvalue weighted by molar-refractivity contribution is -0.125. The smallest absolute Gasteiger partial charge is 0.244 e. The fourth-order valence-corrected chi connectivity index (χ4v) is 4.39. The summed E-state index contributed by atoms with van der Waals surface area (Å²) >= 11 is 6.14. The van der Waals surface area contributed by atoms with E-state index in [1.165, 1.54) is 24.3 Å². The molecule has 0 radical (unpaired) electrons. The quantitative estimate of drug-likeness (QED) is 0.462. The van der Waals surface area contributed by atoms with Gasteiger partial charge in [0.2, 0.25) is 5.91 Å². The molecule has 3 aromatic carbocycles. The zero-order chi connectivity index (χ0) is 23.6. The predicted octanol–water partition coefficient (Wildman–Crippen LogP) is 5.84. The van der Waals surface area contributed by atoms with Gasteiger partial charge in [-0.15, -0.1) is 0 Å². The summed E-state index contributed by atoms with van der Waals surface area (Å²) in [6, 6.07) is 17.2. The van der Waals surface area contributed by atoms with Gasteiger partial charge in [-0.3, -0.25) is 14.5 Å². The molecule has 1 atom stereocenters. The normalized spacial score (nSPS) is 18.3. The lowest BCUT2D eigenvalue weighted by atomic mass is 9.95. The van der Waals surface area contributed by atoms with Crippen molar-refractivity contribution in [3.8, 4) is 0 Å². The zero-order valence-electron chi connectivity index (χ0n) is 18.1. The third kappa shape index (κ3) is 4.68. The monoisotopic (exact) mass is 468 g/mol. The van der Waals surface area contributed by atoms with Gasteiger partial charge in [0.15, 0.2) is 5.78 Å². The molecule has 1 aliphatic rings. The second-order valence-electron chi connectivity index (χ2n) is 8.34. The molecule has 0 unspecified atom stereocenters. The Hall–Kier alpha value is -3.09. The molecule has 1 N–H and O–H groups in total. The van der Waals surface area contributed by atoms with Gasteiger partial charge in [-0.2, -0.15) is 0 Å². The van der Waals surface area contributed by atoms with Gasteiger partial charge in [-0.1, -0.05) is 48.0 Å². The third-order valence-corrected chi connectivity index (χ3v) is 6.43. The largest absolute Gasteiger partial charge is 0.324 e. The first-order chi connectivity index (χ1) is 15.8. The van der Waals surface area contributed by atoms with E-state index < -0.39 is 17.2 Å². The Morgan fingerprint density at radius 2 is 1.73 bits per heavy atom. The van der Waals surface area contributed by atoms with E-state index in [1.54, 1.807) is 48.2 Å². The van der Waals surface area contributed by atoms with E-state index >= 15 is 0 Å². The van der Waals surface area contributed by atoms with Crippen molar-refractivity contribution < 1.29 is 18.4 Å². The second-order valence-corrected chi connectivity index (χ2v) is 8.77. The van der Waals surface area contributed by atoms with Gasteiger partial charge >= 0.3 is 0 Å². The Bertz CT molecular complexity index is 1180. The summed E-state index contributed by atoms with van der Waals surface area (Å²) in [4.78, 5) is 28.3. The molecule has 0 aromatic heterocycles. The Morgan fingerprint density at radius 3 is 2.42 bits per heavy atom. The minimum Gasteiger partial charge on any atom is -0.324 e. The number of carbonyl (C=O) groups is 2. The minimum atomic E-state index is -0.999. The molecule has 1 saturated heterocycles. The van der Waals surface area contributed by atoms with Gasteiger partial charge in [-0.05, 0) is 56.6 Å². The summed E-state index contributed by atoms with van der Waals surface area (Å²) in [5.41, 5.74) is 0.0177. The highest BCUT2D eigenvalue weighted by Gasteiger charge is 2.43. The molecular weight excluding hydrogens is 446 g/mol. The fourth-order valence-electron chi connectivity index (χ4n) is 4.22. The summed E-state index contributed by atoms with van der Waals surface area (Å²) in [7, 11) is 0. The highest BCUT2D eigenvalue weighted by molar-refractivity contribution is 6.31. The van der Waals surface area contributed by atoms with Gasteiger partial charge < -0.3 is 5.32 Å². The van der Waals surface area contributed by atoms with Crippen LogP contribution in [0.25, 0.3) is 0 Å². The molecule has 4 rings (SSSR count). The van der Waals surface area contributed by atoms with Crippen molar-refractivity contribution >= 4 is 29.0 Å². The highest BCUT2D eigenvalue weighted by Crippen LogP contribution is 2.34. The first-order valence-electron chi connectivity index (χ1n) is 10.7. The SMILES string of the molecule is C[C@]1(C(=O)Nc2ccc(Cl)cc2C(=O)c2ccccc2)CCCN1Cc1c(F)cccc1F. The van der Waals surface area contributed by atoms with Crippen molar-refractivity contribution in [3.63, 3.8) is 0 Å². The number of likely N-dealkylation sites (tertiary alicyclic amines) is 1. The van der Waals surface area contributed by atoms with E-state index in [4.69, 9.17) is 11.6 Å². The van der Waals surface area contributed by atoms with Crippen molar-refractivity contribution in [1.82, 2.24) is 4.90 Å². The molecule has 0 spiro atoms. The molecule has 0 aliphatic carbocycles. The van der Waals surface area contributed by atoms with E-state index in [0.717, 1.165) is 0 Å². The summed E-state index contributed by atoms with van der Waals surface area (Å²) in [5, 5.41) is 3.24. The van der Waals surface area contributed by atoms with Crippen molar-refractivity contribution in [1.29, 1.82) is 0 Å². The lowest BCUT2D eigenvalue weighted by Crippen LogP contribution is -2.50. The molecule has 1 aliphatic heterocycles. The van der Waals surface area contributed by atoms with Crippen LogP contribution in [0, 0.1) is 11.6 Å². The van der Waals surface area contributed by atoms with Crippen LogP contribution in [0.3, 0.4) is 0 Å². The van der Waals surface area contributed by atoms with Gasteiger partial charge in [0.05, 0.1) is 11.2 Å². The molecule has 1 amide bonds. The number of anilines is 1. The maximum Gasteiger partial charge on any atom is 0.244 e. The number of nitrogens with zero attached hydrogens (tertiary/aromatic N) is 1. The summed E-state index contributed by atoms with van der Waals surface area (Å²) in [6.45, 7) is 2.25. The number of rotatable bonds is 6. The molecule has 1 heterocycles. The van der Waals surface area contributed by atoms with Gasteiger partial charge in [0.25, 0.3) is 0 Å². The molecule has 7 heteroatoms. The number of nitrogens with one attached hydrogen (secondary N) is 1. The molecule has 33 heavy (non-hydrogen) atoms. The Morgan fingerprint density at radius 1 is 1.03 bits per heavy atom. The van der Waals surface area contributed by atoms with Gasteiger partial charge in [0, 0.05) is 28.3 Å². The molecule has 3 aromatic rings. The predicted molar refractivity (Wildman–Crippen MR) is 124 cm³/mol. The average molecular weight is 469 g/mol. The zero-order valence-corrected chi connectivity index (χ0v) is 18.8. The van der Waals surface area contributed by atoms with Crippen LogP contribution in [0.1, 0.15) is 41.3 Å². The van der Waals surface area contributed by atoms with Gasteiger partial charge in [-0.25, -0.2) is 8.78 Å². The molecule has 170 valence electrons. The number of hydrogen-bond acceptors (Lipinski definition) is 3. The summed E-state index contributed by atoms with van der Waals surface area (Å²) in [5.74, 6) is -1.90. The molecule has 1 fully saturated rings. The van der Waals surface area contributed by atoms with Crippen LogP contribution in [-0.4, -0.2) is 28.7 Å². The van der Waals surface area contributed by atoms with Crippen LogP contribution in [0.5, 0.6) is 0 Å². The number of ketones is 1. The highest BCUT2D eigenvalue weighted by atomic mass is 35.5. The number of halogens is 3. The van der Waals surface area contributed by atoms with Gasteiger partial charge in [0.1, 0.15) is 11.6 Å². The Labute approximate surface area is 196 Å². The van der Waals surface area contributed by atoms with E-state index in [2.05, 4.69) is 5.32 Å². The molecule has 0 saturated carbocycles. The second kappa shape index (κ2) is 9.41. The van der Waals surface area contributed by atoms with Crippen LogP contribution in [0.2, 0.25) is 5.02 Å². The molecule has 4 nitrogen and oxygen atoms in total. The van der Waals surface area contributed by atoms with Crippen LogP contribution < -0.4 is 5.32 Å². The average Bonchev–Trinajstić information content (AvgIpc) is 3.19. The maximum atomic E-state index is 14.2. The Kier molecular flexibility index (Phi) is 6.58. The van der Waals surface area contributed by atoms with E-state index in [1.807, 2.05) is 6.07 Å². The van der Waals surface area contributed by atoms with E-state index in [9.17, 15) is 18.4 Å². The first-order valence-corrected chi connectivity index (χ1v) is 11.1. The number of benzene rings is 3. The summed E-state index contributed by atoms with van der Waals surface area (Å²) in [6.07, 6.45) is 1.22. The van der Waals surface area contributed by atoms with E-state index in [-0.39, 0.29) is 29.4 Å². The van der Waals surface area contributed by atoms with Crippen LogP contribution >= 0.6 is 11.6 Å². The van der Waals surface area contributed by atoms with Crippen LogP contribution in [0.4, 0.5) is 14.5 Å². The lowest BCUT2D eigenvalue weighted by Gasteiger charge is -2.34. The summed E-state index contributed by atoms with van der Waals surface area (Å²) < 4.78 is 28.5.